The van der Waals surface area contributed by atoms with Crippen LogP contribution in [0.4, 0.5) is 0 Å². The van der Waals surface area contributed by atoms with E-state index < -0.39 is 0 Å². The van der Waals surface area contributed by atoms with Crippen molar-refractivity contribution in [2.24, 2.45) is 0 Å². The van der Waals surface area contributed by atoms with E-state index in [0.717, 1.165) is 49.3 Å². The van der Waals surface area contributed by atoms with Gasteiger partial charge < -0.3 is 14.4 Å². The van der Waals surface area contributed by atoms with Gasteiger partial charge in [-0.3, -0.25) is 4.79 Å². The number of hydrogen-bond donors (Lipinski definition) is 0. The second-order valence-corrected chi connectivity index (χ2v) is 7.16. The van der Waals surface area contributed by atoms with Crippen molar-refractivity contribution in [1.29, 1.82) is 0 Å². The van der Waals surface area contributed by atoms with E-state index in [1.807, 2.05) is 43.3 Å². The Morgan fingerprint density at radius 2 is 2.04 bits per heavy atom. The van der Waals surface area contributed by atoms with Gasteiger partial charge in [0.15, 0.2) is 0 Å². The lowest BCUT2D eigenvalue weighted by atomic mass is 10.0. The lowest BCUT2D eigenvalue weighted by molar-refractivity contribution is -0.132. The standard InChI is InChI=1S/C23H29NO3/c1-18-8-3-4-12-22(18)27-15-7-13-23(25)24-14-6-10-20(24)16-19-9-5-11-21(17-19)26-2/h3-5,8-9,11-12,17,20H,6-7,10,13-16H2,1-2H3. The molecule has 27 heavy (non-hydrogen) atoms. The van der Waals surface area contributed by atoms with Crippen molar-refractivity contribution in [3.63, 3.8) is 0 Å². The highest BCUT2D eigenvalue weighted by Gasteiger charge is 2.28. The van der Waals surface area contributed by atoms with Crippen LogP contribution in [0, 0.1) is 6.92 Å². The van der Waals surface area contributed by atoms with E-state index in [9.17, 15) is 4.79 Å². The monoisotopic (exact) mass is 367 g/mol. The van der Waals surface area contributed by atoms with Gasteiger partial charge >= 0.3 is 0 Å². The van der Waals surface area contributed by atoms with Crippen LogP contribution in [0.15, 0.2) is 48.5 Å². The van der Waals surface area contributed by atoms with E-state index in [0.29, 0.717) is 19.1 Å². The first-order chi connectivity index (χ1) is 13.2. The summed E-state index contributed by atoms with van der Waals surface area (Å²) in [7, 11) is 1.68. The van der Waals surface area contributed by atoms with Crippen molar-refractivity contribution in [1.82, 2.24) is 4.90 Å². The predicted molar refractivity (Wildman–Crippen MR) is 107 cm³/mol. The van der Waals surface area contributed by atoms with Crippen LogP contribution in [0.2, 0.25) is 0 Å². The number of hydrogen-bond acceptors (Lipinski definition) is 3. The zero-order valence-corrected chi connectivity index (χ0v) is 16.3. The second-order valence-electron chi connectivity index (χ2n) is 7.16. The highest BCUT2D eigenvalue weighted by molar-refractivity contribution is 5.76. The number of benzene rings is 2. The molecule has 0 bridgehead atoms. The normalized spacial score (nSPS) is 16.4. The van der Waals surface area contributed by atoms with Crippen molar-refractivity contribution in [3.8, 4) is 11.5 Å². The molecular weight excluding hydrogens is 338 g/mol. The van der Waals surface area contributed by atoms with Crippen LogP contribution in [-0.4, -0.2) is 37.1 Å². The summed E-state index contributed by atoms with van der Waals surface area (Å²) in [6.07, 6.45) is 4.33. The van der Waals surface area contributed by atoms with Gasteiger partial charge in [0.25, 0.3) is 0 Å². The lowest BCUT2D eigenvalue weighted by Crippen LogP contribution is -2.36. The molecule has 1 unspecified atom stereocenters. The van der Waals surface area contributed by atoms with Gasteiger partial charge in [-0.2, -0.15) is 0 Å². The molecule has 0 N–H and O–H groups in total. The number of carbonyl (C=O) groups is 1. The minimum atomic E-state index is 0.244. The summed E-state index contributed by atoms with van der Waals surface area (Å²) in [5.41, 5.74) is 2.35. The first-order valence-electron chi connectivity index (χ1n) is 9.78. The SMILES string of the molecule is COc1cccc(CC2CCCN2C(=O)CCCOc2ccccc2C)c1. The lowest BCUT2D eigenvalue weighted by Gasteiger charge is -2.25. The molecule has 0 aliphatic carbocycles. The Bertz CT molecular complexity index is 759. The van der Waals surface area contributed by atoms with E-state index in [2.05, 4.69) is 17.0 Å². The number of aryl methyl sites for hydroxylation is 1. The predicted octanol–water partition coefficient (Wildman–Crippen LogP) is 4.40. The van der Waals surface area contributed by atoms with Crippen molar-refractivity contribution >= 4 is 5.91 Å². The maximum atomic E-state index is 12.7. The molecule has 2 aromatic rings. The Labute approximate surface area is 162 Å². The fourth-order valence-corrected chi connectivity index (χ4v) is 3.72. The number of methoxy groups -OCH3 is 1. The smallest absolute Gasteiger partial charge is 0.222 e. The molecule has 1 saturated heterocycles. The summed E-state index contributed by atoms with van der Waals surface area (Å²) in [4.78, 5) is 14.8. The van der Waals surface area contributed by atoms with Gasteiger partial charge in [0, 0.05) is 19.0 Å². The number of amides is 1. The topological polar surface area (TPSA) is 38.8 Å². The largest absolute Gasteiger partial charge is 0.497 e. The van der Waals surface area contributed by atoms with Crippen molar-refractivity contribution in [2.45, 2.75) is 45.1 Å². The van der Waals surface area contributed by atoms with Crippen molar-refractivity contribution in [3.05, 3.63) is 59.7 Å². The van der Waals surface area contributed by atoms with Gasteiger partial charge in [0.2, 0.25) is 5.91 Å². The molecular formula is C23H29NO3. The second kappa shape index (κ2) is 9.45. The van der Waals surface area contributed by atoms with Crippen LogP contribution in [0.25, 0.3) is 0 Å². The molecule has 1 fully saturated rings. The fourth-order valence-electron chi connectivity index (χ4n) is 3.72. The highest BCUT2D eigenvalue weighted by atomic mass is 16.5. The molecule has 0 saturated carbocycles. The summed E-state index contributed by atoms with van der Waals surface area (Å²) in [5.74, 6) is 2.02. The molecule has 1 aliphatic rings. The molecule has 0 radical (unpaired) electrons. The Balaban J connectivity index is 1.47. The molecule has 144 valence electrons. The van der Waals surface area contributed by atoms with Crippen LogP contribution >= 0.6 is 0 Å². The minimum Gasteiger partial charge on any atom is -0.497 e. The first-order valence-corrected chi connectivity index (χ1v) is 9.78. The number of nitrogens with zero attached hydrogens (tertiary/aromatic N) is 1. The number of para-hydroxylation sites is 1. The van der Waals surface area contributed by atoms with Gasteiger partial charge in [-0.15, -0.1) is 0 Å². The molecule has 0 aromatic heterocycles. The van der Waals surface area contributed by atoms with E-state index in [1.54, 1.807) is 7.11 Å². The summed E-state index contributed by atoms with van der Waals surface area (Å²) in [6.45, 7) is 3.48. The molecule has 1 heterocycles. The van der Waals surface area contributed by atoms with E-state index >= 15 is 0 Å². The molecule has 4 heteroatoms. The third-order valence-corrected chi connectivity index (χ3v) is 5.19. The van der Waals surface area contributed by atoms with E-state index in [1.165, 1.54) is 5.56 Å². The number of rotatable bonds is 8. The maximum absolute atomic E-state index is 12.7. The van der Waals surface area contributed by atoms with Gasteiger partial charge in [-0.05, 0) is 61.9 Å². The minimum absolute atomic E-state index is 0.244. The molecule has 4 nitrogen and oxygen atoms in total. The van der Waals surface area contributed by atoms with Crippen LogP contribution in [0.3, 0.4) is 0 Å². The number of carbonyl (C=O) groups excluding carboxylic acids is 1. The van der Waals surface area contributed by atoms with Gasteiger partial charge in [-0.25, -0.2) is 0 Å². The summed E-state index contributed by atoms with van der Waals surface area (Å²) >= 11 is 0. The van der Waals surface area contributed by atoms with Crippen molar-refractivity contribution in [2.75, 3.05) is 20.3 Å². The summed E-state index contributed by atoms with van der Waals surface area (Å²) < 4.78 is 11.1. The summed E-state index contributed by atoms with van der Waals surface area (Å²) in [5, 5.41) is 0. The van der Waals surface area contributed by atoms with E-state index in [-0.39, 0.29) is 5.91 Å². The zero-order valence-electron chi connectivity index (χ0n) is 16.3. The Morgan fingerprint density at radius 1 is 1.19 bits per heavy atom. The molecule has 1 atom stereocenters. The fraction of sp³-hybridized carbons (Fsp3) is 0.435. The Kier molecular flexibility index (Phi) is 6.74. The average molecular weight is 367 g/mol. The van der Waals surface area contributed by atoms with Gasteiger partial charge in [0.05, 0.1) is 13.7 Å². The molecule has 1 amide bonds. The molecule has 3 rings (SSSR count). The van der Waals surface area contributed by atoms with Crippen LogP contribution < -0.4 is 9.47 Å². The Hall–Kier alpha value is -2.49. The first kappa shape index (κ1) is 19.3. The maximum Gasteiger partial charge on any atom is 0.222 e. The Morgan fingerprint density at radius 3 is 2.85 bits per heavy atom. The van der Waals surface area contributed by atoms with Crippen LogP contribution in [0.1, 0.15) is 36.8 Å². The van der Waals surface area contributed by atoms with Crippen LogP contribution in [-0.2, 0) is 11.2 Å². The zero-order chi connectivity index (χ0) is 19.1. The number of ether oxygens (including phenoxy) is 2. The molecule has 2 aromatic carbocycles. The third-order valence-electron chi connectivity index (χ3n) is 5.19. The highest BCUT2D eigenvalue weighted by Crippen LogP contribution is 2.24. The van der Waals surface area contributed by atoms with E-state index in [4.69, 9.17) is 9.47 Å². The molecule has 0 spiro atoms. The number of likely N-dealkylation sites (tertiary alicyclic amines) is 1. The van der Waals surface area contributed by atoms with Crippen molar-refractivity contribution < 1.29 is 14.3 Å². The third kappa shape index (κ3) is 5.25. The molecule has 1 aliphatic heterocycles. The average Bonchev–Trinajstić information content (AvgIpc) is 3.14. The van der Waals surface area contributed by atoms with Crippen LogP contribution in [0.5, 0.6) is 11.5 Å². The summed E-state index contributed by atoms with van der Waals surface area (Å²) in [6, 6.07) is 16.4. The van der Waals surface area contributed by atoms with Gasteiger partial charge in [-0.1, -0.05) is 30.3 Å². The quantitative estimate of drug-likeness (QED) is 0.649. The van der Waals surface area contributed by atoms with Gasteiger partial charge in [0.1, 0.15) is 11.5 Å².